The van der Waals surface area contributed by atoms with E-state index in [9.17, 15) is 0 Å². The number of anilines is 1. The van der Waals surface area contributed by atoms with Crippen molar-refractivity contribution in [1.29, 1.82) is 0 Å². The maximum atomic E-state index is 6.31. The molecule has 138 valence electrons. The van der Waals surface area contributed by atoms with Crippen LogP contribution in [0.25, 0.3) is 10.9 Å². The van der Waals surface area contributed by atoms with E-state index in [2.05, 4.69) is 52.8 Å². The van der Waals surface area contributed by atoms with Crippen LogP contribution in [0.15, 0.2) is 83.9 Å². The first-order chi connectivity index (χ1) is 13.8. The Hall–Kier alpha value is -3.04. The molecule has 3 nitrogen and oxygen atoms in total. The van der Waals surface area contributed by atoms with E-state index >= 15 is 0 Å². The highest BCUT2D eigenvalue weighted by Crippen LogP contribution is 2.28. The van der Waals surface area contributed by atoms with E-state index < -0.39 is 0 Å². The van der Waals surface area contributed by atoms with Gasteiger partial charge in [0.15, 0.2) is 0 Å². The summed E-state index contributed by atoms with van der Waals surface area (Å²) in [6.07, 6.45) is 0.847. The average molecular weight is 386 g/mol. The molecule has 0 radical (unpaired) electrons. The maximum absolute atomic E-state index is 6.31. The molecule has 0 spiro atoms. The van der Waals surface area contributed by atoms with Gasteiger partial charge in [0.2, 0.25) is 0 Å². The fourth-order valence-electron chi connectivity index (χ4n) is 3.83. The zero-order valence-corrected chi connectivity index (χ0v) is 16.1. The maximum Gasteiger partial charge on any atom is 0.0744 e. The van der Waals surface area contributed by atoms with E-state index in [1.165, 1.54) is 16.6 Å². The molecule has 0 aliphatic carbocycles. The molecule has 1 aliphatic heterocycles. The van der Waals surface area contributed by atoms with Crippen LogP contribution in [0.3, 0.4) is 0 Å². The second-order valence-electron chi connectivity index (χ2n) is 7.15. The van der Waals surface area contributed by atoms with Crippen LogP contribution in [0.4, 0.5) is 5.69 Å². The van der Waals surface area contributed by atoms with Crippen molar-refractivity contribution in [3.8, 4) is 0 Å². The molecule has 2 N–H and O–H groups in total. The molecule has 4 aromatic rings. The van der Waals surface area contributed by atoms with Crippen LogP contribution in [0.2, 0.25) is 5.02 Å². The van der Waals surface area contributed by atoms with Gasteiger partial charge in [0.25, 0.3) is 0 Å². The number of halogens is 1. The highest BCUT2D eigenvalue weighted by molar-refractivity contribution is 6.31. The van der Waals surface area contributed by atoms with Gasteiger partial charge in [0.05, 0.1) is 11.8 Å². The predicted molar refractivity (Wildman–Crippen MR) is 118 cm³/mol. The van der Waals surface area contributed by atoms with Crippen LogP contribution in [0.5, 0.6) is 0 Å². The van der Waals surface area contributed by atoms with Crippen molar-refractivity contribution in [2.45, 2.75) is 12.5 Å². The van der Waals surface area contributed by atoms with Crippen molar-refractivity contribution in [2.75, 3.05) is 11.9 Å². The Labute approximate surface area is 169 Å². The minimum Gasteiger partial charge on any atom is -0.382 e. The van der Waals surface area contributed by atoms with Gasteiger partial charge in [-0.15, -0.1) is 0 Å². The van der Waals surface area contributed by atoms with Crippen LogP contribution in [-0.4, -0.2) is 23.3 Å². The number of hydrogen-bond donors (Lipinski definition) is 2. The summed E-state index contributed by atoms with van der Waals surface area (Å²) in [6.45, 7) is 0.778. The van der Waals surface area contributed by atoms with Gasteiger partial charge < -0.3 is 10.3 Å². The Morgan fingerprint density at radius 1 is 0.929 bits per heavy atom. The Morgan fingerprint density at radius 2 is 1.75 bits per heavy atom. The molecule has 1 aliphatic rings. The smallest absolute Gasteiger partial charge is 0.0744 e. The molecular weight excluding hydrogens is 366 g/mol. The van der Waals surface area contributed by atoms with Gasteiger partial charge in [-0.1, -0.05) is 60.1 Å². The van der Waals surface area contributed by atoms with Crippen molar-refractivity contribution in [3.63, 3.8) is 0 Å². The van der Waals surface area contributed by atoms with Gasteiger partial charge >= 0.3 is 0 Å². The fraction of sp³-hybridized carbons (Fsp3) is 0.125. The molecule has 0 bridgehead atoms. The summed E-state index contributed by atoms with van der Waals surface area (Å²) >= 11 is 6.31. The quantitative estimate of drug-likeness (QED) is 0.467. The zero-order chi connectivity index (χ0) is 18.9. The third-order valence-corrected chi connectivity index (χ3v) is 5.40. The molecule has 5 rings (SSSR count). The van der Waals surface area contributed by atoms with E-state index in [0.29, 0.717) is 0 Å². The van der Waals surface area contributed by atoms with E-state index in [4.69, 9.17) is 16.6 Å². The lowest BCUT2D eigenvalue weighted by Crippen LogP contribution is -2.20. The number of nitrogens with one attached hydrogen (secondary N) is 2. The number of fused-ring (bicyclic) bond motifs is 2. The molecular formula is C24H20ClN3. The number of H-pyrrole nitrogens is 1. The third-order valence-electron chi connectivity index (χ3n) is 5.17. The number of benzodiazepines with no additional fused rings is 1. The van der Waals surface area contributed by atoms with Gasteiger partial charge in [0.1, 0.15) is 0 Å². The number of aromatic amines is 1. The Balaban J connectivity index is 1.55. The molecule has 0 saturated heterocycles. The first-order valence-electron chi connectivity index (χ1n) is 9.50. The van der Waals surface area contributed by atoms with Crippen molar-refractivity contribution >= 4 is 33.9 Å². The first-order valence-corrected chi connectivity index (χ1v) is 9.88. The zero-order valence-electron chi connectivity index (χ0n) is 15.3. The number of aliphatic imine (C=N–C) groups is 1. The summed E-state index contributed by atoms with van der Waals surface area (Å²) in [6, 6.07) is 27.0. The van der Waals surface area contributed by atoms with Crippen molar-refractivity contribution < 1.29 is 0 Å². The number of aromatic nitrogens is 1. The molecule has 3 aromatic carbocycles. The number of hydrogen-bond acceptors (Lipinski definition) is 2. The molecule has 1 unspecified atom stereocenters. The lowest BCUT2D eigenvalue weighted by Gasteiger charge is -2.11. The standard InChI is InChI=1S/C24H20ClN3/c25-18-10-11-23-21(13-18)24(16-6-2-1-3-7-16)28-20(15-26-23)14-19-12-17-8-4-5-9-22(17)27-19/h1-13,20,26-27H,14-15H2. The Kier molecular flexibility index (Phi) is 4.38. The van der Waals surface area contributed by atoms with Crippen LogP contribution < -0.4 is 5.32 Å². The molecule has 0 fully saturated rings. The predicted octanol–water partition coefficient (Wildman–Crippen LogP) is 5.70. The molecule has 0 amide bonds. The van der Waals surface area contributed by atoms with Gasteiger partial charge in [-0.3, -0.25) is 4.99 Å². The number of rotatable bonds is 3. The number of nitrogens with zero attached hydrogens (tertiary/aromatic N) is 1. The van der Waals surface area contributed by atoms with Crippen LogP contribution >= 0.6 is 11.6 Å². The summed E-state index contributed by atoms with van der Waals surface area (Å²) in [4.78, 5) is 8.70. The summed E-state index contributed by atoms with van der Waals surface area (Å²) in [5.41, 5.74) is 6.60. The molecule has 1 aromatic heterocycles. The summed E-state index contributed by atoms with van der Waals surface area (Å²) < 4.78 is 0. The summed E-state index contributed by atoms with van der Waals surface area (Å²) in [5.74, 6) is 0. The van der Waals surface area contributed by atoms with E-state index in [-0.39, 0.29) is 6.04 Å². The minimum absolute atomic E-state index is 0.120. The molecule has 1 atom stereocenters. The number of benzene rings is 3. The van der Waals surface area contributed by atoms with Gasteiger partial charge in [-0.05, 0) is 35.7 Å². The van der Waals surface area contributed by atoms with Crippen molar-refractivity contribution in [3.05, 3.63) is 101 Å². The molecule has 28 heavy (non-hydrogen) atoms. The van der Waals surface area contributed by atoms with Gasteiger partial charge in [-0.25, -0.2) is 0 Å². The lowest BCUT2D eigenvalue weighted by atomic mass is 10.0. The second kappa shape index (κ2) is 7.17. The third kappa shape index (κ3) is 3.30. The van der Waals surface area contributed by atoms with E-state index in [1.54, 1.807) is 0 Å². The molecule has 0 saturated carbocycles. The van der Waals surface area contributed by atoms with Gasteiger partial charge in [-0.2, -0.15) is 0 Å². The van der Waals surface area contributed by atoms with Crippen LogP contribution in [0.1, 0.15) is 16.8 Å². The van der Waals surface area contributed by atoms with Crippen molar-refractivity contribution in [2.24, 2.45) is 4.99 Å². The second-order valence-corrected chi connectivity index (χ2v) is 7.59. The normalized spacial score (nSPS) is 16.2. The van der Waals surface area contributed by atoms with E-state index in [0.717, 1.165) is 40.5 Å². The largest absolute Gasteiger partial charge is 0.382 e. The average Bonchev–Trinajstić information content (AvgIpc) is 3.05. The monoisotopic (exact) mass is 385 g/mol. The lowest BCUT2D eigenvalue weighted by molar-refractivity contribution is 0.697. The van der Waals surface area contributed by atoms with Gasteiger partial charge in [0, 0.05) is 46.0 Å². The highest BCUT2D eigenvalue weighted by atomic mass is 35.5. The van der Waals surface area contributed by atoms with E-state index in [1.807, 2.05) is 36.4 Å². The fourth-order valence-corrected chi connectivity index (χ4v) is 4.01. The topological polar surface area (TPSA) is 40.2 Å². The molecule has 4 heteroatoms. The minimum atomic E-state index is 0.120. The van der Waals surface area contributed by atoms with Crippen molar-refractivity contribution in [1.82, 2.24) is 4.98 Å². The summed E-state index contributed by atoms with van der Waals surface area (Å²) in [7, 11) is 0. The highest BCUT2D eigenvalue weighted by Gasteiger charge is 2.20. The van der Waals surface area contributed by atoms with Crippen LogP contribution in [0, 0.1) is 0 Å². The first kappa shape index (κ1) is 17.1. The number of para-hydroxylation sites is 1. The SMILES string of the molecule is Clc1ccc2c(c1)C(c1ccccc1)=NC(Cc1cc3ccccc3[nH]1)CN2. The summed E-state index contributed by atoms with van der Waals surface area (Å²) in [5, 5.41) is 5.53. The molecule has 2 heterocycles. The van der Waals surface area contributed by atoms with Crippen LogP contribution in [-0.2, 0) is 6.42 Å². The Bertz CT molecular complexity index is 1130. The Morgan fingerprint density at radius 3 is 2.61 bits per heavy atom.